The Morgan fingerprint density at radius 2 is 1.59 bits per heavy atom. The first-order valence-electron chi connectivity index (χ1n) is 8.01. The summed E-state index contributed by atoms with van der Waals surface area (Å²) in [6.07, 6.45) is 4.79. The van der Waals surface area contributed by atoms with E-state index in [0.29, 0.717) is 17.6 Å². The van der Waals surface area contributed by atoms with E-state index in [1.54, 1.807) is 18.2 Å². The number of phenolic OH excluding ortho intramolecular Hbond substituents is 2. The summed E-state index contributed by atoms with van der Waals surface area (Å²) in [5.41, 5.74) is 2.27. The van der Waals surface area contributed by atoms with Crippen LogP contribution < -0.4 is 4.74 Å². The third kappa shape index (κ3) is 2.21. The monoisotopic (exact) mass is 296 g/mol. The van der Waals surface area contributed by atoms with Gasteiger partial charge in [0, 0.05) is 11.5 Å². The molecule has 1 fully saturated rings. The van der Waals surface area contributed by atoms with E-state index in [9.17, 15) is 10.2 Å². The first-order chi connectivity index (χ1) is 10.7. The molecule has 114 valence electrons. The van der Waals surface area contributed by atoms with E-state index in [1.807, 2.05) is 24.3 Å². The minimum absolute atomic E-state index is 0.0305. The quantitative estimate of drug-likeness (QED) is 0.814. The number of phenols is 2. The third-order valence-electron chi connectivity index (χ3n) is 5.08. The minimum Gasteiger partial charge on any atom is -0.508 e. The zero-order valence-corrected chi connectivity index (χ0v) is 12.4. The Morgan fingerprint density at radius 1 is 0.864 bits per heavy atom. The summed E-state index contributed by atoms with van der Waals surface area (Å²) in [4.78, 5) is 0. The Kier molecular flexibility index (Phi) is 3.21. The second-order valence-electron chi connectivity index (χ2n) is 6.41. The number of rotatable bonds is 1. The van der Waals surface area contributed by atoms with Crippen molar-refractivity contribution in [2.45, 2.75) is 37.7 Å². The number of hydrogen-bond donors (Lipinski definition) is 2. The van der Waals surface area contributed by atoms with Gasteiger partial charge in [0.25, 0.3) is 0 Å². The lowest BCUT2D eigenvalue weighted by atomic mass is 9.70. The van der Waals surface area contributed by atoms with E-state index >= 15 is 0 Å². The largest absolute Gasteiger partial charge is 0.508 e. The van der Waals surface area contributed by atoms with Gasteiger partial charge >= 0.3 is 0 Å². The summed E-state index contributed by atoms with van der Waals surface area (Å²) < 4.78 is 6.29. The van der Waals surface area contributed by atoms with Crippen molar-refractivity contribution in [1.82, 2.24) is 0 Å². The van der Waals surface area contributed by atoms with Crippen LogP contribution in [0.2, 0.25) is 0 Å². The van der Waals surface area contributed by atoms with Gasteiger partial charge in [-0.3, -0.25) is 0 Å². The molecule has 2 aromatic carbocycles. The molecule has 1 aliphatic carbocycles. The number of ether oxygens (including phenoxy) is 1. The van der Waals surface area contributed by atoms with E-state index in [4.69, 9.17) is 4.74 Å². The molecule has 1 saturated carbocycles. The molecule has 3 heteroatoms. The van der Waals surface area contributed by atoms with Crippen molar-refractivity contribution in [3.05, 3.63) is 53.6 Å². The topological polar surface area (TPSA) is 49.7 Å². The lowest BCUT2D eigenvalue weighted by Crippen LogP contribution is -2.32. The average molecular weight is 296 g/mol. The van der Waals surface area contributed by atoms with Crippen LogP contribution >= 0.6 is 0 Å². The maximum atomic E-state index is 9.81. The Hall–Kier alpha value is -2.16. The fraction of sp³-hybridized carbons (Fsp3) is 0.368. The van der Waals surface area contributed by atoms with E-state index in [-0.39, 0.29) is 11.9 Å². The van der Waals surface area contributed by atoms with Crippen LogP contribution in [0.15, 0.2) is 42.5 Å². The molecule has 1 heterocycles. The van der Waals surface area contributed by atoms with Gasteiger partial charge in [0.05, 0.1) is 0 Å². The van der Waals surface area contributed by atoms with Crippen molar-refractivity contribution in [3.63, 3.8) is 0 Å². The van der Waals surface area contributed by atoms with E-state index < -0.39 is 0 Å². The first-order valence-corrected chi connectivity index (χ1v) is 8.01. The predicted octanol–water partition coefficient (Wildman–Crippen LogP) is 4.51. The van der Waals surface area contributed by atoms with E-state index in [2.05, 4.69) is 0 Å². The Morgan fingerprint density at radius 3 is 2.41 bits per heavy atom. The van der Waals surface area contributed by atoms with Crippen LogP contribution in [0.4, 0.5) is 0 Å². The summed E-state index contributed by atoms with van der Waals surface area (Å²) >= 11 is 0. The van der Waals surface area contributed by atoms with Gasteiger partial charge < -0.3 is 14.9 Å². The van der Waals surface area contributed by atoms with Crippen molar-refractivity contribution >= 4 is 0 Å². The molecule has 0 aromatic heterocycles. The molecule has 2 unspecified atom stereocenters. The van der Waals surface area contributed by atoms with Gasteiger partial charge in [-0.25, -0.2) is 0 Å². The van der Waals surface area contributed by atoms with Crippen molar-refractivity contribution in [2.24, 2.45) is 5.92 Å². The van der Waals surface area contributed by atoms with Crippen molar-refractivity contribution < 1.29 is 14.9 Å². The molecule has 0 bridgehead atoms. The number of benzene rings is 2. The third-order valence-corrected chi connectivity index (χ3v) is 5.08. The highest BCUT2D eigenvalue weighted by Crippen LogP contribution is 2.52. The molecule has 1 aliphatic heterocycles. The second-order valence-corrected chi connectivity index (χ2v) is 6.41. The summed E-state index contributed by atoms with van der Waals surface area (Å²) in [7, 11) is 0. The van der Waals surface area contributed by atoms with E-state index in [1.165, 1.54) is 12.8 Å². The number of aromatic hydroxyl groups is 2. The van der Waals surface area contributed by atoms with Gasteiger partial charge in [0.2, 0.25) is 0 Å². The second kappa shape index (κ2) is 5.24. The van der Waals surface area contributed by atoms with Gasteiger partial charge in [0.15, 0.2) is 0 Å². The maximum Gasteiger partial charge on any atom is 0.127 e. The van der Waals surface area contributed by atoms with Gasteiger partial charge in [-0.2, -0.15) is 0 Å². The number of hydrogen-bond acceptors (Lipinski definition) is 3. The standard InChI is InChI=1S/C19H20O3/c20-13-7-5-12(6-8-13)19-16-4-2-1-3-15(16)17-11-14(21)9-10-18(17)22-19/h5-11,15-16,19-21H,1-4H2/t15?,16-,19?/m1/s1. The molecule has 3 atom stereocenters. The molecule has 0 radical (unpaired) electrons. The first kappa shape index (κ1) is 13.5. The molecule has 0 saturated heterocycles. The van der Waals surface area contributed by atoms with Crippen molar-refractivity contribution in [2.75, 3.05) is 0 Å². The molecule has 22 heavy (non-hydrogen) atoms. The molecule has 4 rings (SSSR count). The highest BCUT2D eigenvalue weighted by molar-refractivity contribution is 5.45. The van der Waals surface area contributed by atoms with Gasteiger partial charge in [-0.15, -0.1) is 0 Å². The van der Waals surface area contributed by atoms with Crippen LogP contribution in [0.25, 0.3) is 0 Å². The van der Waals surface area contributed by atoms with Crippen molar-refractivity contribution in [3.8, 4) is 17.2 Å². The van der Waals surface area contributed by atoms with Crippen LogP contribution in [0.3, 0.4) is 0 Å². The molecule has 0 amide bonds. The Bertz CT molecular complexity index is 678. The minimum atomic E-state index is 0.0305. The fourth-order valence-electron chi connectivity index (χ4n) is 4.04. The van der Waals surface area contributed by atoms with Gasteiger partial charge in [-0.1, -0.05) is 25.0 Å². The maximum absolute atomic E-state index is 9.81. The lowest BCUT2D eigenvalue weighted by molar-refractivity contribution is 0.0678. The van der Waals surface area contributed by atoms with Gasteiger partial charge in [-0.05, 0) is 54.7 Å². The zero-order valence-electron chi connectivity index (χ0n) is 12.4. The zero-order chi connectivity index (χ0) is 15.1. The SMILES string of the molecule is Oc1ccc(C2Oc3ccc(O)cc3C3CCCC[C@H]32)cc1. The molecule has 2 N–H and O–H groups in total. The normalized spacial score (nSPS) is 26.6. The lowest BCUT2D eigenvalue weighted by Gasteiger charge is -2.42. The fourth-order valence-corrected chi connectivity index (χ4v) is 4.04. The van der Waals surface area contributed by atoms with Crippen LogP contribution in [0.1, 0.15) is 48.8 Å². The smallest absolute Gasteiger partial charge is 0.127 e. The Labute approximate surface area is 130 Å². The summed E-state index contributed by atoms with van der Waals surface area (Å²) in [5, 5.41) is 19.3. The van der Waals surface area contributed by atoms with Crippen molar-refractivity contribution in [1.29, 1.82) is 0 Å². The van der Waals surface area contributed by atoms with Gasteiger partial charge in [0.1, 0.15) is 23.4 Å². The number of fused-ring (bicyclic) bond motifs is 3. The molecule has 2 aromatic rings. The summed E-state index contributed by atoms with van der Waals surface area (Å²) in [5.74, 6) is 2.37. The molecular formula is C19H20O3. The molecule has 2 aliphatic rings. The average Bonchev–Trinajstić information content (AvgIpc) is 2.55. The summed E-state index contributed by atoms with van der Waals surface area (Å²) in [6, 6.07) is 12.8. The predicted molar refractivity (Wildman–Crippen MR) is 84.3 cm³/mol. The molecule has 3 nitrogen and oxygen atoms in total. The van der Waals surface area contributed by atoms with Crippen LogP contribution in [0.5, 0.6) is 17.2 Å². The van der Waals surface area contributed by atoms with Crippen LogP contribution in [-0.2, 0) is 0 Å². The Balaban J connectivity index is 1.77. The van der Waals surface area contributed by atoms with Crippen LogP contribution in [0, 0.1) is 5.92 Å². The highest BCUT2D eigenvalue weighted by atomic mass is 16.5. The molecular weight excluding hydrogens is 276 g/mol. The van der Waals surface area contributed by atoms with E-state index in [0.717, 1.165) is 29.7 Å². The highest BCUT2D eigenvalue weighted by Gasteiger charge is 2.40. The van der Waals surface area contributed by atoms with Crippen LogP contribution in [-0.4, -0.2) is 10.2 Å². The summed E-state index contributed by atoms with van der Waals surface area (Å²) in [6.45, 7) is 0. The molecule has 0 spiro atoms.